The molecule has 0 saturated carbocycles. The predicted molar refractivity (Wildman–Crippen MR) is 295 cm³/mol. The van der Waals surface area contributed by atoms with Gasteiger partial charge in [-0.3, -0.25) is 9.78 Å². The number of hydrogen-bond acceptors (Lipinski definition) is 7. The van der Waals surface area contributed by atoms with Crippen molar-refractivity contribution >= 4 is 5.52 Å². The van der Waals surface area contributed by atoms with Crippen LogP contribution in [0.1, 0.15) is 191 Å². The van der Waals surface area contributed by atoms with E-state index in [1.165, 1.54) is 11.6 Å². The maximum absolute atomic E-state index is 10.2. The van der Waals surface area contributed by atoms with Crippen LogP contribution in [0.15, 0.2) is 140 Å². The van der Waals surface area contributed by atoms with Gasteiger partial charge in [0, 0.05) is 61.8 Å². The largest absolute Gasteiger partial charge is 0.329 e. The summed E-state index contributed by atoms with van der Waals surface area (Å²) in [6.45, 7) is 54.2. The molecule has 9 heteroatoms. The number of H-pyrrole nitrogens is 1. The molecule has 6 heterocycles. The topological polar surface area (TPSA) is 115 Å². The van der Waals surface area contributed by atoms with E-state index in [2.05, 4.69) is 132 Å². The van der Waals surface area contributed by atoms with Crippen molar-refractivity contribution in [1.82, 2.24) is 39.7 Å². The number of hydrogen-bond donors (Lipinski definition) is 1. The molecule has 6 aromatic heterocycles. The number of aromatic amines is 1. The maximum atomic E-state index is 10.2. The molecule has 65 heavy (non-hydrogen) atoms. The second-order valence-electron chi connectivity index (χ2n) is 14.3. The second kappa shape index (κ2) is 76.3. The van der Waals surface area contributed by atoms with Crippen LogP contribution in [0.2, 0.25) is 0 Å². The molecule has 0 saturated heterocycles. The van der Waals surface area contributed by atoms with Gasteiger partial charge in [-0.2, -0.15) is 15.3 Å². The van der Waals surface area contributed by atoms with Gasteiger partial charge in [-0.25, -0.2) is 14.5 Å². The fourth-order valence-corrected chi connectivity index (χ4v) is 2.42. The highest BCUT2D eigenvalue weighted by molar-refractivity contribution is 5.44. The molecular weight excluding hydrogens is 801 g/mol. The van der Waals surface area contributed by atoms with E-state index >= 15 is 0 Å². The van der Waals surface area contributed by atoms with E-state index in [4.69, 9.17) is 0 Å². The van der Waals surface area contributed by atoms with Crippen molar-refractivity contribution in [1.29, 1.82) is 0 Å². The van der Waals surface area contributed by atoms with Crippen LogP contribution in [0.5, 0.6) is 0 Å². The number of nitrogens with one attached hydrogen (secondary N) is 1. The fourth-order valence-electron chi connectivity index (χ4n) is 2.42. The molecule has 0 aliphatic carbocycles. The minimum Gasteiger partial charge on any atom is -0.329 e. The van der Waals surface area contributed by atoms with E-state index in [-0.39, 0.29) is 5.56 Å². The lowest BCUT2D eigenvalue weighted by Crippen LogP contribution is -1.98. The lowest BCUT2D eigenvalue weighted by molar-refractivity contribution is 0.736. The third-order valence-electron chi connectivity index (χ3n) is 4.28. The molecule has 0 atom stereocenters. The van der Waals surface area contributed by atoms with Crippen molar-refractivity contribution in [3.8, 4) is 0 Å². The van der Waals surface area contributed by atoms with Gasteiger partial charge in [0.1, 0.15) is 6.33 Å². The fraction of sp³-hybridized carbons (Fsp3) is 0.554. The van der Waals surface area contributed by atoms with Crippen LogP contribution in [0.25, 0.3) is 5.52 Å². The molecular formula is C56H106N8O. The van der Waals surface area contributed by atoms with Crippen LogP contribution >= 0.6 is 0 Å². The van der Waals surface area contributed by atoms with Gasteiger partial charge in [-0.15, -0.1) is 0 Å². The molecule has 0 aliphatic rings. The first kappa shape index (κ1) is 80.3. The maximum Gasteiger partial charge on any atom is 0.247 e. The molecule has 6 rings (SSSR count). The molecule has 0 spiro atoms. The summed E-state index contributed by atoms with van der Waals surface area (Å²) in [5.74, 6) is 3.87. The van der Waals surface area contributed by atoms with Crippen molar-refractivity contribution in [3.05, 3.63) is 151 Å². The smallest absolute Gasteiger partial charge is 0.247 e. The quantitative estimate of drug-likeness (QED) is 0.175. The summed E-state index contributed by atoms with van der Waals surface area (Å²) < 4.78 is 1.83. The lowest BCUT2D eigenvalue weighted by Gasteiger charge is -1.99. The third kappa shape index (κ3) is 99.0. The van der Waals surface area contributed by atoms with Gasteiger partial charge in [0.2, 0.25) is 5.56 Å². The van der Waals surface area contributed by atoms with E-state index in [1.807, 2.05) is 161 Å². The molecule has 0 bridgehead atoms. The Morgan fingerprint density at radius 1 is 0.431 bits per heavy atom. The number of nitrogens with zero attached hydrogens (tertiary/aromatic N) is 7. The van der Waals surface area contributed by atoms with Gasteiger partial charge < -0.3 is 4.98 Å². The second-order valence-corrected chi connectivity index (χ2v) is 14.3. The van der Waals surface area contributed by atoms with Crippen molar-refractivity contribution in [2.45, 2.75) is 186 Å². The van der Waals surface area contributed by atoms with Crippen LogP contribution in [0, 0.1) is 23.7 Å². The van der Waals surface area contributed by atoms with Crippen LogP contribution in [0.3, 0.4) is 0 Å². The summed E-state index contributed by atoms with van der Waals surface area (Å²) in [7, 11) is 0. The average Bonchev–Trinajstić information content (AvgIpc) is 3.82. The Kier molecular flexibility index (Phi) is 94.2. The Morgan fingerprint density at radius 2 is 0.815 bits per heavy atom. The van der Waals surface area contributed by atoms with Gasteiger partial charge in [-0.1, -0.05) is 198 Å². The van der Waals surface area contributed by atoms with Gasteiger partial charge >= 0.3 is 0 Å². The number of pyridine rings is 3. The molecule has 0 fully saturated rings. The molecule has 0 aliphatic heterocycles. The number of fused-ring (bicyclic) bond motifs is 1. The van der Waals surface area contributed by atoms with Crippen LogP contribution in [-0.4, -0.2) is 39.7 Å². The molecule has 376 valence electrons. The van der Waals surface area contributed by atoms with E-state index in [1.54, 1.807) is 55.6 Å². The minimum atomic E-state index is -0.0532. The van der Waals surface area contributed by atoms with Gasteiger partial charge in [-0.05, 0) is 83.7 Å². The molecule has 0 amide bonds. The highest BCUT2D eigenvalue weighted by Crippen LogP contribution is 2.09. The summed E-state index contributed by atoms with van der Waals surface area (Å²) in [5, 5.41) is 11.1. The Morgan fingerprint density at radius 3 is 1.05 bits per heavy atom. The standard InChI is InChI=1S/C7H6N2.C7H10N2.C5H5NO.C5H5N.C4H4N2.4C4H10.6C2H6/c1-2-6-9-7(3-1)4-5-8-9;1-6(2)7-3-8-5-9-4-7;7-5-3-1-2-4-6-5;2*1-2-4-6-5-3-1;4*1-4(2)3;6*1-2/h1-6H;3-6H,1-2H3;1-4H,(H,6,7);1-5H;1-4H;4*4H,1-3H3;6*1-2H3. The Labute approximate surface area is 404 Å². The van der Waals surface area contributed by atoms with Crippen LogP contribution in [-0.2, 0) is 0 Å². The summed E-state index contributed by atoms with van der Waals surface area (Å²) in [4.78, 5) is 24.3. The number of rotatable bonds is 1. The SMILES string of the molecule is CC.CC.CC.CC.CC.CC.CC(C)C.CC(C)C.CC(C)C.CC(C)C.CC(C)c1cncnc1.O=c1cccc[nH]1.c1ccn2nccc2c1.c1ccncc1.c1ccnnc1. The van der Waals surface area contributed by atoms with Crippen molar-refractivity contribution in [2.75, 3.05) is 0 Å². The first-order valence-electron chi connectivity index (χ1n) is 24.4. The highest BCUT2D eigenvalue weighted by atomic mass is 16.1. The molecule has 6 aromatic rings. The van der Waals surface area contributed by atoms with Crippen LogP contribution in [0.4, 0.5) is 0 Å². The lowest BCUT2D eigenvalue weighted by atomic mass is 10.1. The summed E-state index contributed by atoms with van der Waals surface area (Å²) in [6.07, 6.45) is 17.3. The molecule has 1 N–H and O–H groups in total. The highest BCUT2D eigenvalue weighted by Gasteiger charge is 1.95. The average molecular weight is 908 g/mol. The zero-order chi connectivity index (χ0) is 52.7. The van der Waals surface area contributed by atoms with Crippen molar-refractivity contribution in [3.63, 3.8) is 0 Å². The van der Waals surface area contributed by atoms with E-state index in [0.717, 1.165) is 29.2 Å². The summed E-state index contributed by atoms with van der Waals surface area (Å²) in [6, 6.07) is 22.2. The molecule has 9 nitrogen and oxygen atoms in total. The van der Waals surface area contributed by atoms with Crippen LogP contribution < -0.4 is 5.56 Å². The Bertz CT molecular complexity index is 1410. The molecule has 0 radical (unpaired) electrons. The van der Waals surface area contributed by atoms with E-state index < -0.39 is 0 Å². The van der Waals surface area contributed by atoms with E-state index in [0.29, 0.717) is 5.92 Å². The Hall–Kier alpha value is -5.05. The van der Waals surface area contributed by atoms with Gasteiger partial charge in [0.15, 0.2) is 0 Å². The monoisotopic (exact) mass is 907 g/mol. The Balaban J connectivity index is -0.0000000764. The summed E-state index contributed by atoms with van der Waals surface area (Å²) in [5.41, 5.74) is 2.28. The summed E-state index contributed by atoms with van der Waals surface area (Å²) >= 11 is 0. The first-order chi connectivity index (χ1) is 31.1. The molecule has 0 unspecified atom stereocenters. The van der Waals surface area contributed by atoms with Gasteiger partial charge in [0.25, 0.3) is 0 Å². The van der Waals surface area contributed by atoms with Crippen molar-refractivity contribution in [2.24, 2.45) is 23.7 Å². The number of aromatic nitrogens is 8. The zero-order valence-electron chi connectivity index (χ0n) is 47.1. The molecule has 0 aromatic carbocycles. The first-order valence-corrected chi connectivity index (χ1v) is 24.4. The van der Waals surface area contributed by atoms with Gasteiger partial charge in [0.05, 0.1) is 5.52 Å². The zero-order valence-corrected chi connectivity index (χ0v) is 47.1. The normalized spacial score (nSPS) is 7.98. The van der Waals surface area contributed by atoms with E-state index in [9.17, 15) is 4.79 Å². The predicted octanol–water partition coefficient (Wildman–Crippen LogP) is 17.7. The minimum absolute atomic E-state index is 0.0532. The third-order valence-corrected chi connectivity index (χ3v) is 4.28. The van der Waals surface area contributed by atoms with Crippen molar-refractivity contribution < 1.29 is 0 Å².